The van der Waals surface area contributed by atoms with Gasteiger partial charge in [-0.15, -0.1) is 0 Å². The molecule has 5 heteroatoms. The quantitative estimate of drug-likeness (QED) is 0.549. The summed E-state index contributed by atoms with van der Waals surface area (Å²) >= 11 is 0. The number of rotatable bonds is 12. The SMILES string of the molecule is CCCO[Si](CCNC)(OCCC)OCCC. The predicted octanol–water partition coefficient (Wildman–Crippen LogP) is 2.42. The van der Waals surface area contributed by atoms with Crippen LogP contribution in [0, 0.1) is 0 Å². The summed E-state index contributed by atoms with van der Waals surface area (Å²) in [5.74, 6) is 0. The Balaban J connectivity index is 4.39. The first-order valence-corrected chi connectivity index (χ1v) is 8.74. The third kappa shape index (κ3) is 7.89. The van der Waals surface area contributed by atoms with Gasteiger partial charge in [0.1, 0.15) is 0 Å². The molecule has 0 aliphatic rings. The van der Waals surface area contributed by atoms with Gasteiger partial charge in [0.15, 0.2) is 0 Å². The van der Waals surface area contributed by atoms with Crippen LogP contribution in [0.15, 0.2) is 0 Å². The fourth-order valence-electron chi connectivity index (χ4n) is 1.39. The highest BCUT2D eigenvalue weighted by molar-refractivity contribution is 6.60. The Bertz CT molecular complexity index is 132. The molecule has 0 atom stereocenters. The van der Waals surface area contributed by atoms with Crippen LogP contribution < -0.4 is 5.32 Å². The predicted molar refractivity (Wildman–Crippen MR) is 73.2 cm³/mol. The lowest BCUT2D eigenvalue weighted by molar-refractivity contribution is 0.0594. The highest BCUT2D eigenvalue weighted by Crippen LogP contribution is 2.16. The summed E-state index contributed by atoms with van der Waals surface area (Å²) in [5.41, 5.74) is 0. The largest absolute Gasteiger partial charge is 0.502 e. The molecule has 4 nitrogen and oxygen atoms in total. The number of nitrogens with one attached hydrogen (secondary N) is 1. The van der Waals surface area contributed by atoms with Crippen molar-refractivity contribution in [3.63, 3.8) is 0 Å². The summed E-state index contributed by atoms with van der Waals surface area (Å²) in [6.45, 7) is 9.38. The molecule has 0 aromatic carbocycles. The number of hydrogen-bond acceptors (Lipinski definition) is 4. The van der Waals surface area contributed by atoms with Gasteiger partial charge in [0, 0.05) is 25.9 Å². The first kappa shape index (κ1) is 17.1. The zero-order chi connectivity index (χ0) is 13.0. The van der Waals surface area contributed by atoms with Gasteiger partial charge in [0.2, 0.25) is 0 Å². The zero-order valence-corrected chi connectivity index (χ0v) is 12.9. The highest BCUT2D eigenvalue weighted by Gasteiger charge is 2.40. The second-order valence-electron chi connectivity index (χ2n) is 4.08. The van der Waals surface area contributed by atoms with Crippen molar-refractivity contribution < 1.29 is 13.3 Å². The van der Waals surface area contributed by atoms with Gasteiger partial charge in [-0.25, -0.2) is 0 Å². The van der Waals surface area contributed by atoms with Gasteiger partial charge in [-0.05, 0) is 32.9 Å². The zero-order valence-electron chi connectivity index (χ0n) is 11.9. The van der Waals surface area contributed by atoms with E-state index in [1.165, 1.54) is 0 Å². The molecule has 104 valence electrons. The third-order valence-corrected chi connectivity index (χ3v) is 5.05. The van der Waals surface area contributed by atoms with Gasteiger partial charge < -0.3 is 18.6 Å². The molecule has 0 unspecified atom stereocenters. The normalized spacial score (nSPS) is 12.0. The van der Waals surface area contributed by atoms with Gasteiger partial charge in [0.25, 0.3) is 0 Å². The van der Waals surface area contributed by atoms with Crippen LogP contribution >= 0.6 is 0 Å². The molecule has 0 aromatic heterocycles. The molecule has 0 aromatic rings. The second-order valence-corrected chi connectivity index (χ2v) is 6.81. The molecule has 0 rings (SSSR count). The summed E-state index contributed by atoms with van der Waals surface area (Å²) in [5, 5.41) is 3.15. The van der Waals surface area contributed by atoms with Crippen molar-refractivity contribution in [1.82, 2.24) is 5.32 Å². The molecular weight excluding hydrogens is 234 g/mol. The van der Waals surface area contributed by atoms with Crippen LogP contribution in [-0.2, 0) is 13.3 Å². The molecule has 17 heavy (non-hydrogen) atoms. The van der Waals surface area contributed by atoms with E-state index in [4.69, 9.17) is 13.3 Å². The molecule has 0 fully saturated rings. The van der Waals surface area contributed by atoms with Crippen LogP contribution in [0.5, 0.6) is 0 Å². The van der Waals surface area contributed by atoms with Crippen LogP contribution in [0.1, 0.15) is 40.0 Å². The Labute approximate surface area is 107 Å². The lowest BCUT2D eigenvalue weighted by Gasteiger charge is -2.29. The fraction of sp³-hybridized carbons (Fsp3) is 1.00. The summed E-state index contributed by atoms with van der Waals surface area (Å²) in [6, 6.07) is 0.851. The van der Waals surface area contributed by atoms with Gasteiger partial charge in [-0.1, -0.05) is 20.8 Å². The van der Waals surface area contributed by atoms with E-state index in [0.717, 1.165) is 51.7 Å². The van der Waals surface area contributed by atoms with E-state index < -0.39 is 8.80 Å². The van der Waals surface area contributed by atoms with Gasteiger partial charge in [0.05, 0.1) is 0 Å². The minimum absolute atomic E-state index is 0.726. The Hall–Kier alpha value is 0.0569. The summed E-state index contributed by atoms with van der Waals surface area (Å²) in [6.07, 6.45) is 3.00. The average Bonchev–Trinajstić information content (AvgIpc) is 2.37. The van der Waals surface area contributed by atoms with E-state index in [9.17, 15) is 0 Å². The Morgan fingerprint density at radius 3 is 1.53 bits per heavy atom. The lowest BCUT2D eigenvalue weighted by Crippen LogP contribution is -2.48. The third-order valence-electron chi connectivity index (χ3n) is 2.26. The molecule has 0 spiro atoms. The summed E-state index contributed by atoms with van der Waals surface area (Å²) in [4.78, 5) is 0. The first-order chi connectivity index (χ1) is 8.24. The van der Waals surface area contributed by atoms with Crippen LogP contribution in [0.3, 0.4) is 0 Å². The average molecular weight is 263 g/mol. The summed E-state index contributed by atoms with van der Waals surface area (Å²) in [7, 11) is -0.499. The number of hydrogen-bond donors (Lipinski definition) is 1. The highest BCUT2D eigenvalue weighted by atomic mass is 28.4. The van der Waals surface area contributed by atoms with Crippen molar-refractivity contribution in [3.05, 3.63) is 0 Å². The summed E-state index contributed by atoms with van der Waals surface area (Å²) < 4.78 is 17.8. The first-order valence-electron chi connectivity index (χ1n) is 6.81. The Morgan fingerprint density at radius 2 is 1.24 bits per heavy atom. The van der Waals surface area contributed by atoms with Gasteiger partial charge >= 0.3 is 8.80 Å². The Kier molecular flexibility index (Phi) is 11.2. The van der Waals surface area contributed by atoms with E-state index in [1.54, 1.807) is 0 Å². The fourth-order valence-corrected chi connectivity index (χ4v) is 4.18. The van der Waals surface area contributed by atoms with Crippen molar-refractivity contribution in [1.29, 1.82) is 0 Å². The van der Waals surface area contributed by atoms with Crippen LogP contribution in [-0.4, -0.2) is 42.2 Å². The van der Waals surface area contributed by atoms with Crippen molar-refractivity contribution in [2.45, 2.75) is 46.1 Å². The topological polar surface area (TPSA) is 39.7 Å². The van der Waals surface area contributed by atoms with Crippen LogP contribution in [0.2, 0.25) is 6.04 Å². The monoisotopic (exact) mass is 263 g/mol. The smallest absolute Gasteiger partial charge is 0.373 e. The Morgan fingerprint density at radius 1 is 0.824 bits per heavy atom. The lowest BCUT2D eigenvalue weighted by atomic mass is 10.5. The second kappa shape index (κ2) is 11.2. The van der Waals surface area contributed by atoms with Gasteiger partial charge in [-0.2, -0.15) is 0 Å². The maximum absolute atomic E-state index is 5.94. The molecule has 0 amide bonds. The molecule has 0 aliphatic heterocycles. The minimum Gasteiger partial charge on any atom is -0.373 e. The van der Waals surface area contributed by atoms with E-state index in [-0.39, 0.29) is 0 Å². The molecule has 0 bridgehead atoms. The molecule has 1 N–H and O–H groups in total. The van der Waals surface area contributed by atoms with E-state index in [0.29, 0.717) is 0 Å². The van der Waals surface area contributed by atoms with Crippen molar-refractivity contribution >= 4 is 8.80 Å². The van der Waals surface area contributed by atoms with E-state index >= 15 is 0 Å². The molecular formula is C12H29NO3Si. The maximum Gasteiger partial charge on any atom is 0.502 e. The molecule has 0 heterocycles. The molecule has 0 saturated heterocycles. The van der Waals surface area contributed by atoms with E-state index in [2.05, 4.69) is 26.1 Å². The van der Waals surface area contributed by atoms with Gasteiger partial charge in [-0.3, -0.25) is 0 Å². The van der Waals surface area contributed by atoms with Crippen molar-refractivity contribution in [3.8, 4) is 0 Å². The van der Waals surface area contributed by atoms with Crippen LogP contribution in [0.25, 0.3) is 0 Å². The molecule has 0 aliphatic carbocycles. The minimum atomic E-state index is -2.44. The van der Waals surface area contributed by atoms with Crippen LogP contribution in [0.4, 0.5) is 0 Å². The maximum atomic E-state index is 5.94. The van der Waals surface area contributed by atoms with Crippen molar-refractivity contribution in [2.75, 3.05) is 33.4 Å². The van der Waals surface area contributed by atoms with Crippen molar-refractivity contribution in [2.24, 2.45) is 0 Å². The van der Waals surface area contributed by atoms with E-state index in [1.807, 2.05) is 7.05 Å². The molecule has 0 saturated carbocycles. The standard InChI is InChI=1S/C12H29NO3Si/c1-5-9-14-17(12-8-13-4,15-10-6-2)16-11-7-3/h13H,5-12H2,1-4H3. The molecule has 0 radical (unpaired) electrons.